The summed E-state index contributed by atoms with van der Waals surface area (Å²) in [7, 11) is 3.18. The Morgan fingerprint density at radius 2 is 1.96 bits per heavy atom. The van der Waals surface area contributed by atoms with E-state index in [4.69, 9.17) is 9.47 Å². The van der Waals surface area contributed by atoms with Crippen molar-refractivity contribution >= 4 is 17.4 Å². The van der Waals surface area contributed by atoms with Gasteiger partial charge >= 0.3 is 0 Å². The zero-order chi connectivity index (χ0) is 17.5. The predicted molar refractivity (Wildman–Crippen MR) is 92.0 cm³/mol. The van der Waals surface area contributed by atoms with Gasteiger partial charge in [-0.15, -0.1) is 0 Å². The average Bonchev–Trinajstić information content (AvgIpc) is 2.60. The number of aromatic nitrogens is 2. The van der Waals surface area contributed by atoms with Crippen LogP contribution in [0.3, 0.4) is 0 Å². The van der Waals surface area contributed by atoms with E-state index in [-0.39, 0.29) is 11.6 Å². The minimum Gasteiger partial charge on any atom is -0.497 e. The molecule has 1 aromatic carbocycles. The Morgan fingerprint density at radius 3 is 2.54 bits per heavy atom. The van der Waals surface area contributed by atoms with E-state index in [0.29, 0.717) is 35.5 Å². The van der Waals surface area contributed by atoms with Crippen LogP contribution in [0.15, 0.2) is 30.6 Å². The lowest BCUT2D eigenvalue weighted by Gasteiger charge is -2.12. The molecule has 0 bridgehead atoms. The number of ether oxygens (including phenoxy) is 2. The third-order valence-electron chi connectivity index (χ3n) is 3.22. The highest BCUT2D eigenvalue weighted by atomic mass is 16.5. The van der Waals surface area contributed by atoms with Crippen molar-refractivity contribution in [2.75, 3.05) is 26.1 Å². The normalized spacial score (nSPS) is 10.4. The van der Waals surface area contributed by atoms with E-state index < -0.39 is 0 Å². The van der Waals surface area contributed by atoms with Crippen molar-refractivity contribution in [3.05, 3.63) is 36.3 Å². The Labute approximate surface area is 141 Å². The fourth-order valence-electron chi connectivity index (χ4n) is 1.95. The molecule has 1 heterocycles. The quantitative estimate of drug-likeness (QED) is 0.812. The number of benzene rings is 1. The number of hydrogen-bond acceptors (Lipinski definition) is 6. The fraction of sp³-hybridized carbons (Fsp3) is 0.353. The predicted octanol–water partition coefficient (Wildman–Crippen LogP) is 2.62. The number of hydrogen-bond donors (Lipinski definition) is 2. The second-order valence-corrected chi connectivity index (χ2v) is 5.58. The van der Waals surface area contributed by atoms with Crippen LogP contribution in [0, 0.1) is 5.92 Å². The first-order valence-electron chi connectivity index (χ1n) is 7.62. The van der Waals surface area contributed by atoms with Crippen LogP contribution in [0.5, 0.6) is 11.5 Å². The third-order valence-corrected chi connectivity index (χ3v) is 3.22. The molecule has 2 rings (SSSR count). The van der Waals surface area contributed by atoms with Gasteiger partial charge in [-0.1, -0.05) is 13.8 Å². The Bertz CT molecular complexity index is 687. The number of rotatable bonds is 7. The lowest BCUT2D eigenvalue weighted by atomic mass is 10.2. The molecule has 0 aliphatic carbocycles. The van der Waals surface area contributed by atoms with E-state index in [1.165, 1.54) is 12.4 Å². The van der Waals surface area contributed by atoms with Crippen LogP contribution in [0.4, 0.5) is 11.5 Å². The van der Waals surface area contributed by atoms with E-state index in [9.17, 15) is 4.79 Å². The van der Waals surface area contributed by atoms with E-state index in [1.54, 1.807) is 32.4 Å². The molecule has 24 heavy (non-hydrogen) atoms. The molecule has 0 aliphatic heterocycles. The summed E-state index contributed by atoms with van der Waals surface area (Å²) < 4.78 is 10.5. The third kappa shape index (κ3) is 4.58. The number of amides is 1. The van der Waals surface area contributed by atoms with Gasteiger partial charge in [0.1, 0.15) is 23.0 Å². The van der Waals surface area contributed by atoms with Gasteiger partial charge in [-0.25, -0.2) is 9.97 Å². The molecule has 0 saturated carbocycles. The van der Waals surface area contributed by atoms with Gasteiger partial charge in [-0.2, -0.15) is 0 Å². The summed E-state index contributed by atoms with van der Waals surface area (Å²) in [6, 6.07) is 5.39. The molecule has 0 unspecified atom stereocenters. The van der Waals surface area contributed by atoms with Crippen molar-refractivity contribution in [3.8, 4) is 11.5 Å². The number of carbonyl (C=O) groups is 1. The van der Waals surface area contributed by atoms with Crippen molar-refractivity contribution in [2.45, 2.75) is 13.8 Å². The molecule has 0 spiro atoms. The van der Waals surface area contributed by atoms with Gasteiger partial charge in [0.25, 0.3) is 5.91 Å². The SMILES string of the molecule is COc1ccc(OC)c(Nc2cnc(C(=O)NCC(C)C)cn2)c1. The molecule has 7 heteroatoms. The maximum atomic E-state index is 11.9. The van der Waals surface area contributed by atoms with Gasteiger partial charge in [0, 0.05) is 12.6 Å². The molecular formula is C17H22N4O3. The number of nitrogens with zero attached hydrogens (tertiary/aromatic N) is 2. The van der Waals surface area contributed by atoms with Gasteiger partial charge < -0.3 is 20.1 Å². The molecule has 1 aromatic heterocycles. The highest BCUT2D eigenvalue weighted by Crippen LogP contribution is 2.30. The number of nitrogens with one attached hydrogen (secondary N) is 2. The molecule has 0 aliphatic rings. The van der Waals surface area contributed by atoms with E-state index in [1.807, 2.05) is 13.8 Å². The second-order valence-electron chi connectivity index (χ2n) is 5.58. The van der Waals surface area contributed by atoms with Crippen molar-refractivity contribution < 1.29 is 14.3 Å². The minimum absolute atomic E-state index is 0.235. The highest BCUT2D eigenvalue weighted by molar-refractivity contribution is 5.92. The van der Waals surface area contributed by atoms with Gasteiger partial charge in [0.05, 0.1) is 32.3 Å². The Kier molecular flexibility index (Phi) is 5.95. The Morgan fingerprint density at radius 1 is 1.17 bits per heavy atom. The van der Waals surface area contributed by atoms with E-state index in [2.05, 4.69) is 20.6 Å². The molecule has 2 N–H and O–H groups in total. The van der Waals surface area contributed by atoms with Crippen molar-refractivity contribution in [3.63, 3.8) is 0 Å². The second kappa shape index (κ2) is 8.14. The van der Waals surface area contributed by atoms with E-state index >= 15 is 0 Å². The zero-order valence-corrected chi connectivity index (χ0v) is 14.3. The number of methoxy groups -OCH3 is 2. The first-order valence-corrected chi connectivity index (χ1v) is 7.62. The van der Waals surface area contributed by atoms with Crippen molar-refractivity contribution in [1.29, 1.82) is 0 Å². The van der Waals surface area contributed by atoms with Crippen LogP contribution in [0.25, 0.3) is 0 Å². The van der Waals surface area contributed by atoms with Crippen LogP contribution in [0.2, 0.25) is 0 Å². The van der Waals surface area contributed by atoms with Gasteiger partial charge in [-0.05, 0) is 18.1 Å². The standard InChI is InChI=1S/C17H22N4O3/c1-11(2)8-20-17(22)14-9-19-16(10-18-14)21-13-7-12(23-3)5-6-15(13)24-4/h5-7,9-11H,8H2,1-4H3,(H,19,21)(H,20,22). The number of anilines is 2. The number of carbonyl (C=O) groups excluding carboxylic acids is 1. The van der Waals surface area contributed by atoms with Crippen LogP contribution < -0.4 is 20.1 Å². The summed E-state index contributed by atoms with van der Waals surface area (Å²) in [4.78, 5) is 20.3. The molecule has 1 amide bonds. The first kappa shape index (κ1) is 17.5. The van der Waals surface area contributed by atoms with Crippen LogP contribution in [-0.2, 0) is 0 Å². The smallest absolute Gasteiger partial charge is 0.271 e. The summed E-state index contributed by atoms with van der Waals surface area (Å²) >= 11 is 0. The average molecular weight is 330 g/mol. The molecule has 0 fully saturated rings. The lowest BCUT2D eigenvalue weighted by molar-refractivity contribution is 0.0943. The van der Waals surface area contributed by atoms with Crippen molar-refractivity contribution in [2.24, 2.45) is 5.92 Å². The lowest BCUT2D eigenvalue weighted by Crippen LogP contribution is -2.28. The molecule has 0 atom stereocenters. The summed E-state index contributed by atoms with van der Waals surface area (Å²) in [6.07, 6.45) is 2.94. The first-order chi connectivity index (χ1) is 11.5. The molecule has 0 radical (unpaired) electrons. The van der Waals surface area contributed by atoms with Crippen LogP contribution in [-0.4, -0.2) is 36.6 Å². The Balaban J connectivity index is 2.10. The summed E-state index contributed by atoms with van der Waals surface area (Å²) in [5.41, 5.74) is 0.974. The summed E-state index contributed by atoms with van der Waals surface area (Å²) in [5.74, 6) is 1.99. The monoisotopic (exact) mass is 330 g/mol. The summed E-state index contributed by atoms with van der Waals surface area (Å²) in [5, 5.41) is 5.91. The molecular weight excluding hydrogens is 308 g/mol. The van der Waals surface area contributed by atoms with Gasteiger partial charge in [-0.3, -0.25) is 4.79 Å². The molecule has 128 valence electrons. The topological polar surface area (TPSA) is 85.4 Å². The molecule has 2 aromatic rings. The maximum absolute atomic E-state index is 11.9. The fourth-order valence-corrected chi connectivity index (χ4v) is 1.95. The zero-order valence-electron chi connectivity index (χ0n) is 14.3. The van der Waals surface area contributed by atoms with Crippen molar-refractivity contribution in [1.82, 2.24) is 15.3 Å². The Hall–Kier alpha value is -2.83. The van der Waals surface area contributed by atoms with Gasteiger partial charge in [0.15, 0.2) is 0 Å². The summed E-state index contributed by atoms with van der Waals surface area (Å²) in [6.45, 7) is 4.66. The van der Waals surface area contributed by atoms with E-state index in [0.717, 1.165) is 0 Å². The molecule has 7 nitrogen and oxygen atoms in total. The minimum atomic E-state index is -0.235. The highest BCUT2D eigenvalue weighted by Gasteiger charge is 2.10. The van der Waals surface area contributed by atoms with Gasteiger partial charge in [0.2, 0.25) is 0 Å². The molecule has 0 saturated heterocycles. The largest absolute Gasteiger partial charge is 0.497 e. The van der Waals surface area contributed by atoms with Crippen LogP contribution >= 0.6 is 0 Å². The maximum Gasteiger partial charge on any atom is 0.271 e. The van der Waals surface area contributed by atoms with Crippen LogP contribution in [0.1, 0.15) is 24.3 Å².